The van der Waals surface area contributed by atoms with Crippen LogP contribution in [0.1, 0.15) is 28.8 Å². The molecule has 4 aromatic rings. The summed E-state index contributed by atoms with van der Waals surface area (Å²) < 4.78 is 39.5. The van der Waals surface area contributed by atoms with Crippen LogP contribution in [0, 0.1) is 6.57 Å². The van der Waals surface area contributed by atoms with Gasteiger partial charge in [0.05, 0.1) is 29.1 Å². The van der Waals surface area contributed by atoms with Crippen molar-refractivity contribution in [3.8, 4) is 17.2 Å². The van der Waals surface area contributed by atoms with E-state index < -0.39 is 16.0 Å². The Kier molecular flexibility index (Phi) is 9.23. The first kappa shape index (κ1) is 30.3. The summed E-state index contributed by atoms with van der Waals surface area (Å²) in [6, 6.07) is 26.5. The Bertz CT molecular complexity index is 1790. The van der Waals surface area contributed by atoms with E-state index in [2.05, 4.69) is 10.2 Å². The van der Waals surface area contributed by atoms with Crippen molar-refractivity contribution in [3.05, 3.63) is 120 Å². The SMILES string of the molecule is [C-]#[N+]c1cccc(S(=O)(=O)N2CCC(Oc3ccc(Oc4ccc(CC(=O)Nc5ccccc5C(=O)O)cc4)cc3)CC2)c1. The summed E-state index contributed by atoms with van der Waals surface area (Å²) in [4.78, 5) is 27.3. The van der Waals surface area contributed by atoms with Crippen molar-refractivity contribution < 1.29 is 32.6 Å². The lowest BCUT2D eigenvalue weighted by atomic mass is 10.1. The van der Waals surface area contributed by atoms with Gasteiger partial charge in [-0.1, -0.05) is 36.4 Å². The molecule has 0 radical (unpaired) electrons. The minimum Gasteiger partial charge on any atom is -0.490 e. The number of nitrogens with zero attached hydrogens (tertiary/aromatic N) is 2. The number of sulfonamides is 1. The number of aromatic carboxylic acids is 1. The molecule has 10 nitrogen and oxygen atoms in total. The number of carboxylic acid groups (broad SMARTS) is 1. The zero-order valence-electron chi connectivity index (χ0n) is 23.5. The number of hydrogen-bond donors (Lipinski definition) is 2. The lowest BCUT2D eigenvalue weighted by molar-refractivity contribution is -0.115. The summed E-state index contributed by atoms with van der Waals surface area (Å²) in [5.41, 5.74) is 1.30. The maximum absolute atomic E-state index is 13.0. The highest BCUT2D eigenvalue weighted by Crippen LogP contribution is 2.28. The van der Waals surface area contributed by atoms with Gasteiger partial charge in [-0.15, -0.1) is 0 Å². The van der Waals surface area contributed by atoms with Crippen LogP contribution in [0.4, 0.5) is 11.4 Å². The zero-order valence-corrected chi connectivity index (χ0v) is 24.4. The molecule has 2 N–H and O–H groups in total. The van der Waals surface area contributed by atoms with E-state index in [1.807, 2.05) is 0 Å². The van der Waals surface area contributed by atoms with E-state index >= 15 is 0 Å². The lowest BCUT2D eigenvalue weighted by Gasteiger charge is -2.31. The number of benzene rings is 4. The van der Waals surface area contributed by atoms with Gasteiger partial charge < -0.3 is 19.9 Å². The Balaban J connectivity index is 1.10. The van der Waals surface area contributed by atoms with Crippen molar-refractivity contribution >= 4 is 33.3 Å². The van der Waals surface area contributed by atoms with Gasteiger partial charge in [0, 0.05) is 13.1 Å². The molecular weight excluding hydrogens is 582 g/mol. The van der Waals surface area contributed by atoms with Crippen LogP contribution in [0.2, 0.25) is 0 Å². The number of amides is 1. The van der Waals surface area contributed by atoms with Gasteiger partial charge in [-0.05, 0) is 79.1 Å². The van der Waals surface area contributed by atoms with Gasteiger partial charge in [-0.25, -0.2) is 18.1 Å². The number of anilines is 1. The maximum Gasteiger partial charge on any atom is 0.337 e. The minimum atomic E-state index is -3.67. The van der Waals surface area contributed by atoms with Crippen LogP contribution in [-0.2, 0) is 21.2 Å². The van der Waals surface area contributed by atoms with Gasteiger partial charge in [-0.3, -0.25) is 4.79 Å². The number of para-hydroxylation sites is 1. The second kappa shape index (κ2) is 13.4. The number of nitrogens with one attached hydrogen (secondary N) is 1. The number of carbonyl (C=O) groups is 2. The highest BCUT2D eigenvalue weighted by molar-refractivity contribution is 7.89. The van der Waals surface area contributed by atoms with Crippen LogP contribution >= 0.6 is 0 Å². The van der Waals surface area contributed by atoms with Gasteiger partial charge in [-0.2, -0.15) is 4.31 Å². The monoisotopic (exact) mass is 611 g/mol. The van der Waals surface area contributed by atoms with Crippen LogP contribution in [0.15, 0.2) is 102 Å². The van der Waals surface area contributed by atoms with Crippen molar-refractivity contribution in [1.82, 2.24) is 4.31 Å². The largest absolute Gasteiger partial charge is 0.490 e. The van der Waals surface area contributed by atoms with E-state index in [0.29, 0.717) is 43.2 Å². The molecule has 1 heterocycles. The normalized spacial score (nSPS) is 13.9. The molecule has 1 aliphatic rings. The molecule has 1 amide bonds. The first-order valence-corrected chi connectivity index (χ1v) is 15.3. The second-order valence-electron chi connectivity index (χ2n) is 10.1. The third-order valence-corrected chi connectivity index (χ3v) is 8.96. The van der Waals surface area contributed by atoms with Crippen LogP contribution in [0.5, 0.6) is 17.2 Å². The Hall–Kier alpha value is -5.18. The highest BCUT2D eigenvalue weighted by Gasteiger charge is 2.30. The fourth-order valence-electron chi connectivity index (χ4n) is 4.80. The number of rotatable bonds is 10. The Morgan fingerprint density at radius 3 is 2.18 bits per heavy atom. The number of carboxylic acids is 1. The summed E-state index contributed by atoms with van der Waals surface area (Å²) >= 11 is 0. The Morgan fingerprint density at radius 1 is 0.886 bits per heavy atom. The third kappa shape index (κ3) is 7.42. The Labute approximate surface area is 255 Å². The molecule has 0 spiro atoms. The predicted octanol–water partition coefficient (Wildman–Crippen LogP) is 6.14. The lowest BCUT2D eigenvalue weighted by Crippen LogP contribution is -2.41. The summed E-state index contributed by atoms with van der Waals surface area (Å²) in [6.45, 7) is 7.78. The molecule has 44 heavy (non-hydrogen) atoms. The van der Waals surface area contributed by atoms with Gasteiger partial charge in [0.1, 0.15) is 23.4 Å². The molecule has 1 fully saturated rings. The van der Waals surface area contributed by atoms with Gasteiger partial charge in [0.15, 0.2) is 5.69 Å². The topological polar surface area (TPSA) is 127 Å². The molecule has 0 saturated carbocycles. The zero-order chi connectivity index (χ0) is 31.1. The molecule has 4 aromatic carbocycles. The quantitative estimate of drug-likeness (QED) is 0.206. The van der Waals surface area contributed by atoms with Gasteiger partial charge >= 0.3 is 5.97 Å². The van der Waals surface area contributed by atoms with E-state index in [0.717, 1.165) is 5.56 Å². The number of carbonyl (C=O) groups excluding carboxylic acids is 1. The number of hydrogen-bond acceptors (Lipinski definition) is 6. The van der Waals surface area contributed by atoms with Gasteiger partial charge in [0.2, 0.25) is 15.9 Å². The second-order valence-corrected chi connectivity index (χ2v) is 12.1. The van der Waals surface area contributed by atoms with Crippen LogP contribution in [0.25, 0.3) is 4.85 Å². The smallest absolute Gasteiger partial charge is 0.337 e. The van der Waals surface area contributed by atoms with E-state index in [4.69, 9.17) is 16.0 Å². The fraction of sp³-hybridized carbons (Fsp3) is 0.182. The standard InChI is InChI=1S/C33H29N3O7S/c1-34-24-5-4-6-29(22-24)44(40,41)36-19-17-28(18-20-36)43-27-15-13-26(14-16-27)42-25-11-9-23(10-12-25)21-32(37)35-31-8-3-2-7-30(31)33(38)39/h2-16,22,28H,17-21H2,(H,35,37)(H,38,39). The molecule has 11 heteroatoms. The van der Waals surface area contributed by atoms with Crippen molar-refractivity contribution in [2.24, 2.45) is 0 Å². The van der Waals surface area contributed by atoms with Crippen molar-refractivity contribution in [3.63, 3.8) is 0 Å². The molecule has 0 unspecified atom stereocenters. The molecule has 0 aromatic heterocycles. The van der Waals surface area contributed by atoms with Crippen molar-refractivity contribution in [1.29, 1.82) is 0 Å². The Morgan fingerprint density at radius 2 is 1.52 bits per heavy atom. The van der Waals surface area contributed by atoms with E-state index in [1.165, 1.54) is 22.5 Å². The molecule has 0 bridgehead atoms. The van der Waals surface area contributed by atoms with Crippen LogP contribution < -0.4 is 14.8 Å². The molecule has 224 valence electrons. The van der Waals surface area contributed by atoms with Gasteiger partial charge in [0.25, 0.3) is 0 Å². The fourth-order valence-corrected chi connectivity index (χ4v) is 6.31. The summed E-state index contributed by atoms with van der Waals surface area (Å²) in [7, 11) is -3.67. The van der Waals surface area contributed by atoms with E-state index in [-0.39, 0.29) is 40.3 Å². The molecule has 1 saturated heterocycles. The maximum atomic E-state index is 13.0. The van der Waals surface area contributed by atoms with E-state index in [1.54, 1.807) is 78.9 Å². The van der Waals surface area contributed by atoms with E-state index in [9.17, 15) is 23.1 Å². The van der Waals surface area contributed by atoms with Crippen LogP contribution in [0.3, 0.4) is 0 Å². The first-order valence-electron chi connectivity index (χ1n) is 13.8. The average Bonchev–Trinajstić information content (AvgIpc) is 3.03. The number of ether oxygens (including phenoxy) is 2. The average molecular weight is 612 g/mol. The van der Waals surface area contributed by atoms with Crippen molar-refractivity contribution in [2.75, 3.05) is 18.4 Å². The molecule has 0 aliphatic carbocycles. The van der Waals surface area contributed by atoms with Crippen molar-refractivity contribution in [2.45, 2.75) is 30.3 Å². The summed E-state index contributed by atoms with van der Waals surface area (Å²) in [5, 5.41) is 11.9. The molecule has 1 aliphatic heterocycles. The molecule has 0 atom stereocenters. The number of piperidine rings is 1. The molecular formula is C33H29N3O7S. The minimum absolute atomic E-state index is 0.0260. The third-order valence-electron chi connectivity index (χ3n) is 7.07. The summed E-state index contributed by atoms with van der Waals surface area (Å²) in [5.74, 6) is 0.374. The first-order chi connectivity index (χ1) is 21.2. The van der Waals surface area contributed by atoms with Crippen LogP contribution in [-0.4, -0.2) is 48.9 Å². The predicted molar refractivity (Wildman–Crippen MR) is 164 cm³/mol. The highest BCUT2D eigenvalue weighted by atomic mass is 32.2. The summed E-state index contributed by atoms with van der Waals surface area (Å²) in [6.07, 6.45) is 1.01. The molecule has 5 rings (SSSR count).